The zero-order chi connectivity index (χ0) is 33.5. The Balaban J connectivity index is 0.000000789. The van der Waals surface area contributed by atoms with Gasteiger partial charge in [-0.25, -0.2) is 14.8 Å². The highest BCUT2D eigenvalue weighted by Gasteiger charge is 2.34. The number of imidazole rings is 1. The first kappa shape index (κ1) is 37.0. The van der Waals surface area contributed by atoms with Gasteiger partial charge in [-0.05, 0) is 71.2 Å². The number of piperidine rings is 1. The zero-order valence-electron chi connectivity index (χ0n) is 28.0. The molecule has 0 bridgehead atoms. The van der Waals surface area contributed by atoms with Crippen molar-refractivity contribution in [1.29, 1.82) is 10.5 Å². The zero-order valence-corrected chi connectivity index (χ0v) is 28.0. The summed E-state index contributed by atoms with van der Waals surface area (Å²) in [6, 6.07) is 5.14. The minimum Gasteiger partial charge on any atom is -0.513 e. The Hall–Kier alpha value is -4.19. The number of aryl methyl sites for hydroxylation is 2. The van der Waals surface area contributed by atoms with Gasteiger partial charge < -0.3 is 10.0 Å². The van der Waals surface area contributed by atoms with Crippen LogP contribution in [0.4, 0.5) is 5.82 Å². The number of aliphatic hydroxyl groups excluding tert-OH is 1. The van der Waals surface area contributed by atoms with Crippen molar-refractivity contribution in [2.75, 3.05) is 44.2 Å². The Bertz CT molecular complexity index is 1480. The average Bonchev–Trinajstić information content (AvgIpc) is 3.31. The molecule has 244 valence electrons. The lowest BCUT2D eigenvalue weighted by atomic mass is 9.97. The third kappa shape index (κ3) is 10.2. The number of H-pyrrole nitrogens is 1. The highest BCUT2D eigenvalue weighted by molar-refractivity contribution is 5.69. The molecule has 2 fully saturated rings. The number of allylic oxidation sites excluding steroid dienone is 5. The second-order valence-corrected chi connectivity index (χ2v) is 11.4. The summed E-state index contributed by atoms with van der Waals surface area (Å²) in [4.78, 5) is 31.7. The van der Waals surface area contributed by atoms with Gasteiger partial charge in [-0.15, -0.1) is 13.2 Å². The smallest absolute Gasteiger partial charge is 0.328 e. The standard InChI is InChI=1S/C27H40N8O2.C4H5N.C3H6/c1-6-20(21(15-28)14-18(3)36)16-33-10-8-23(9-11-33)35-13-12-34(17-22(35)7-2)25-19(4)29-26-24(30-25)31-27(37)32(26)5;1-2-3-4-5;1-3-2/h14,22-23,36H,6-13,16-17H2,1-5H3,(H,30,31,37);2H,1,3H2;3H,1H2,2H3/b18-14+,21-20-;;. The van der Waals surface area contributed by atoms with E-state index < -0.39 is 0 Å². The molecule has 2 saturated heterocycles. The van der Waals surface area contributed by atoms with Crippen molar-refractivity contribution < 1.29 is 5.11 Å². The van der Waals surface area contributed by atoms with Crippen molar-refractivity contribution in [3.8, 4) is 12.1 Å². The lowest BCUT2D eigenvalue weighted by Gasteiger charge is -2.48. The second kappa shape index (κ2) is 18.6. The molecule has 11 nitrogen and oxygen atoms in total. The quantitative estimate of drug-likeness (QED) is 0.175. The van der Waals surface area contributed by atoms with Crippen molar-refractivity contribution in [1.82, 2.24) is 29.3 Å². The predicted molar refractivity (Wildman–Crippen MR) is 182 cm³/mol. The van der Waals surface area contributed by atoms with Gasteiger partial charge in [-0.1, -0.05) is 26.0 Å². The van der Waals surface area contributed by atoms with Gasteiger partial charge in [-0.2, -0.15) is 10.5 Å². The summed E-state index contributed by atoms with van der Waals surface area (Å²) in [6.07, 6.45) is 9.45. The van der Waals surface area contributed by atoms with Crippen LogP contribution in [0, 0.1) is 29.6 Å². The van der Waals surface area contributed by atoms with Gasteiger partial charge in [0.05, 0.1) is 35.6 Å². The van der Waals surface area contributed by atoms with Crippen LogP contribution in [0.5, 0.6) is 0 Å². The maximum absolute atomic E-state index is 12.0. The molecule has 0 amide bonds. The normalized spacial score (nSPS) is 18.4. The number of aromatic amines is 1. The molecule has 4 heterocycles. The van der Waals surface area contributed by atoms with Gasteiger partial charge in [0, 0.05) is 45.3 Å². The third-order valence-electron chi connectivity index (χ3n) is 8.13. The minimum absolute atomic E-state index is 0.170. The number of nitriles is 2. The number of nitrogens with zero attached hydrogens (tertiary/aromatic N) is 8. The molecule has 1 unspecified atom stereocenters. The molecule has 0 saturated carbocycles. The van der Waals surface area contributed by atoms with Crippen LogP contribution in [0.1, 0.15) is 65.5 Å². The van der Waals surface area contributed by atoms with Crippen LogP contribution < -0.4 is 10.6 Å². The molecule has 0 spiro atoms. The molecule has 4 rings (SSSR count). The van der Waals surface area contributed by atoms with Crippen molar-refractivity contribution >= 4 is 17.1 Å². The first-order valence-corrected chi connectivity index (χ1v) is 15.8. The van der Waals surface area contributed by atoms with Crippen LogP contribution in [0.2, 0.25) is 0 Å². The van der Waals surface area contributed by atoms with E-state index >= 15 is 0 Å². The number of likely N-dealkylation sites (tertiary alicyclic amines) is 1. The molecular formula is C34H51N9O2. The van der Waals surface area contributed by atoms with E-state index in [4.69, 9.17) is 10.2 Å². The number of nitrogens with one attached hydrogen (secondary N) is 1. The van der Waals surface area contributed by atoms with Gasteiger partial charge in [0.25, 0.3) is 0 Å². The SMILES string of the molecule is C=CC.C=CCC#N.CC/C(CN1CCC(N2CCN(c3nc4[nH]c(=O)n(C)c4nc3C)CC2CC)CC1)=C(C#N)\C=C(/C)O. The van der Waals surface area contributed by atoms with Crippen LogP contribution in [0.3, 0.4) is 0 Å². The van der Waals surface area contributed by atoms with E-state index in [2.05, 4.69) is 57.7 Å². The molecule has 11 heteroatoms. The molecule has 0 radical (unpaired) electrons. The largest absolute Gasteiger partial charge is 0.513 e. The van der Waals surface area contributed by atoms with Crippen LogP contribution >= 0.6 is 0 Å². The highest BCUT2D eigenvalue weighted by atomic mass is 16.3. The Labute approximate surface area is 268 Å². The molecule has 45 heavy (non-hydrogen) atoms. The molecule has 2 aliphatic heterocycles. The van der Waals surface area contributed by atoms with E-state index in [0.717, 1.165) is 82.0 Å². The Morgan fingerprint density at radius 1 is 1.16 bits per heavy atom. The van der Waals surface area contributed by atoms with Crippen LogP contribution in [0.15, 0.2) is 53.1 Å². The van der Waals surface area contributed by atoms with Crippen molar-refractivity contribution in [2.24, 2.45) is 7.05 Å². The molecule has 2 aromatic rings. The summed E-state index contributed by atoms with van der Waals surface area (Å²) in [6.45, 7) is 22.0. The monoisotopic (exact) mass is 617 g/mol. The average molecular weight is 618 g/mol. The van der Waals surface area contributed by atoms with E-state index in [9.17, 15) is 15.2 Å². The van der Waals surface area contributed by atoms with Gasteiger partial charge in [0.15, 0.2) is 17.1 Å². The number of anilines is 1. The molecule has 2 N–H and O–H groups in total. The first-order valence-electron chi connectivity index (χ1n) is 15.8. The summed E-state index contributed by atoms with van der Waals surface area (Å²) in [7, 11) is 1.71. The van der Waals surface area contributed by atoms with Crippen LogP contribution in [0.25, 0.3) is 11.3 Å². The van der Waals surface area contributed by atoms with E-state index in [-0.39, 0.29) is 11.4 Å². The van der Waals surface area contributed by atoms with Crippen LogP contribution in [-0.4, -0.2) is 85.8 Å². The van der Waals surface area contributed by atoms with Gasteiger partial charge in [-0.3, -0.25) is 19.4 Å². The van der Waals surface area contributed by atoms with E-state index in [1.54, 1.807) is 32.2 Å². The summed E-state index contributed by atoms with van der Waals surface area (Å²) in [5, 5.41) is 26.9. The minimum atomic E-state index is -0.195. The Kier molecular flexibility index (Phi) is 15.3. The number of aromatic nitrogens is 4. The fourth-order valence-electron chi connectivity index (χ4n) is 5.86. The number of hydrogen-bond acceptors (Lipinski definition) is 9. The van der Waals surface area contributed by atoms with Crippen molar-refractivity contribution in [2.45, 2.75) is 78.8 Å². The summed E-state index contributed by atoms with van der Waals surface area (Å²) in [5.74, 6) is 1.03. The third-order valence-corrected chi connectivity index (χ3v) is 8.13. The molecular weight excluding hydrogens is 566 g/mol. The summed E-state index contributed by atoms with van der Waals surface area (Å²) in [5.41, 5.74) is 3.46. The number of fused-ring (bicyclic) bond motifs is 1. The van der Waals surface area contributed by atoms with Crippen molar-refractivity contribution in [3.05, 3.63) is 64.5 Å². The molecule has 1 atom stereocenters. The number of hydrogen-bond donors (Lipinski definition) is 2. The van der Waals surface area contributed by atoms with Crippen molar-refractivity contribution in [3.63, 3.8) is 0 Å². The molecule has 2 aromatic heterocycles. The highest BCUT2D eigenvalue weighted by Crippen LogP contribution is 2.28. The first-order chi connectivity index (χ1) is 21.6. The number of piperazine rings is 1. The lowest BCUT2D eigenvalue weighted by Crippen LogP contribution is -2.58. The number of rotatable bonds is 8. The maximum Gasteiger partial charge on any atom is 0.328 e. The second-order valence-electron chi connectivity index (χ2n) is 11.4. The molecule has 2 aliphatic rings. The fourth-order valence-corrected chi connectivity index (χ4v) is 5.86. The summed E-state index contributed by atoms with van der Waals surface area (Å²) >= 11 is 0. The van der Waals surface area contributed by atoms with E-state index in [1.807, 2.05) is 19.9 Å². The lowest BCUT2D eigenvalue weighted by molar-refractivity contribution is 0.0655. The number of aliphatic hydroxyl groups is 1. The Morgan fingerprint density at radius 2 is 1.82 bits per heavy atom. The van der Waals surface area contributed by atoms with Gasteiger partial charge in [0.2, 0.25) is 0 Å². The molecule has 0 aromatic carbocycles. The predicted octanol–water partition coefficient (Wildman–Crippen LogP) is 5.30. The van der Waals surface area contributed by atoms with E-state index in [1.165, 1.54) is 4.57 Å². The van der Waals surface area contributed by atoms with Crippen LogP contribution in [-0.2, 0) is 7.05 Å². The van der Waals surface area contributed by atoms with Gasteiger partial charge >= 0.3 is 5.69 Å². The summed E-state index contributed by atoms with van der Waals surface area (Å²) < 4.78 is 1.50. The maximum atomic E-state index is 12.0. The molecule has 0 aliphatic carbocycles. The van der Waals surface area contributed by atoms with Gasteiger partial charge in [0.1, 0.15) is 0 Å². The Morgan fingerprint density at radius 3 is 2.33 bits per heavy atom. The van der Waals surface area contributed by atoms with E-state index in [0.29, 0.717) is 35.4 Å². The topological polar surface area (TPSA) is 141 Å². The fraction of sp³-hybridized carbons (Fsp3) is 0.559.